The number of para-hydroxylation sites is 1. The smallest absolute Gasteiger partial charge is 0.266 e. The third kappa shape index (κ3) is 3.37. The standard InChI is InChI=1S/C20H20N2O3S/c1-12-9-10-18(25-4)17(11-12)22-19(24)15-7-5-6-8-16(15)21-20(22)26-14(3)13(2)23/h5-11,14H,1-4H3/t14-/m1/s1. The molecule has 2 aromatic carbocycles. The Bertz CT molecular complexity index is 1040. The van der Waals surface area contributed by atoms with Crippen LogP contribution in [0, 0.1) is 6.92 Å². The van der Waals surface area contributed by atoms with Crippen molar-refractivity contribution in [1.29, 1.82) is 0 Å². The summed E-state index contributed by atoms with van der Waals surface area (Å²) in [5.41, 5.74) is 2.04. The van der Waals surface area contributed by atoms with Gasteiger partial charge in [0.1, 0.15) is 11.5 Å². The lowest BCUT2D eigenvalue weighted by Crippen LogP contribution is -2.23. The number of hydrogen-bond donors (Lipinski definition) is 0. The van der Waals surface area contributed by atoms with Crippen LogP contribution in [0.4, 0.5) is 0 Å². The maximum atomic E-state index is 13.2. The summed E-state index contributed by atoms with van der Waals surface area (Å²) >= 11 is 1.27. The number of Topliss-reactive ketones (excluding diaryl/α,β-unsaturated/α-hetero) is 1. The first-order chi connectivity index (χ1) is 12.4. The molecule has 0 amide bonds. The van der Waals surface area contributed by atoms with Crippen molar-refractivity contribution in [3.63, 3.8) is 0 Å². The van der Waals surface area contributed by atoms with Crippen molar-refractivity contribution in [3.05, 3.63) is 58.4 Å². The predicted octanol–water partition coefficient (Wildman–Crippen LogP) is 3.77. The monoisotopic (exact) mass is 368 g/mol. The Morgan fingerprint density at radius 1 is 1.23 bits per heavy atom. The summed E-state index contributed by atoms with van der Waals surface area (Å²) in [5, 5.41) is 0.682. The van der Waals surface area contributed by atoms with E-state index in [1.54, 1.807) is 19.2 Å². The van der Waals surface area contributed by atoms with E-state index in [0.29, 0.717) is 27.5 Å². The first-order valence-corrected chi connectivity index (χ1v) is 9.14. The number of benzene rings is 2. The van der Waals surface area contributed by atoms with Crippen molar-refractivity contribution in [1.82, 2.24) is 9.55 Å². The summed E-state index contributed by atoms with van der Waals surface area (Å²) in [7, 11) is 1.57. The maximum absolute atomic E-state index is 13.2. The number of ketones is 1. The molecular formula is C20H20N2O3S. The third-order valence-electron chi connectivity index (χ3n) is 4.17. The zero-order chi connectivity index (χ0) is 18.8. The van der Waals surface area contributed by atoms with Gasteiger partial charge in [-0.1, -0.05) is 30.0 Å². The number of ether oxygens (including phenoxy) is 1. The maximum Gasteiger partial charge on any atom is 0.266 e. The zero-order valence-electron chi connectivity index (χ0n) is 15.1. The van der Waals surface area contributed by atoms with E-state index < -0.39 is 0 Å². The summed E-state index contributed by atoms with van der Waals surface area (Å²) in [6.07, 6.45) is 0. The predicted molar refractivity (Wildman–Crippen MR) is 105 cm³/mol. The van der Waals surface area contributed by atoms with Crippen LogP contribution in [0.3, 0.4) is 0 Å². The zero-order valence-corrected chi connectivity index (χ0v) is 16.0. The number of carbonyl (C=O) groups is 1. The highest BCUT2D eigenvalue weighted by atomic mass is 32.2. The fourth-order valence-electron chi connectivity index (χ4n) is 2.62. The first kappa shape index (κ1) is 18.2. The molecule has 1 aromatic heterocycles. The number of rotatable bonds is 5. The van der Waals surface area contributed by atoms with Crippen LogP contribution < -0.4 is 10.3 Å². The lowest BCUT2D eigenvalue weighted by atomic mass is 10.2. The van der Waals surface area contributed by atoms with Gasteiger partial charge in [0.15, 0.2) is 5.16 Å². The SMILES string of the molecule is COc1ccc(C)cc1-n1c(S[C@H](C)C(C)=O)nc2ccccc2c1=O. The van der Waals surface area contributed by atoms with E-state index >= 15 is 0 Å². The van der Waals surface area contributed by atoms with Crippen LogP contribution in [0.5, 0.6) is 5.75 Å². The summed E-state index contributed by atoms with van der Waals surface area (Å²) in [5.74, 6) is 0.604. The normalized spacial score (nSPS) is 12.2. The molecule has 0 fully saturated rings. The number of nitrogens with zero attached hydrogens (tertiary/aromatic N) is 2. The summed E-state index contributed by atoms with van der Waals surface area (Å²) in [6, 6.07) is 12.9. The van der Waals surface area contributed by atoms with Gasteiger partial charge in [-0.2, -0.15) is 0 Å². The van der Waals surface area contributed by atoms with Crippen molar-refractivity contribution in [2.24, 2.45) is 0 Å². The number of methoxy groups -OCH3 is 1. The number of hydrogen-bond acceptors (Lipinski definition) is 5. The summed E-state index contributed by atoms with van der Waals surface area (Å²) < 4.78 is 7.01. The first-order valence-electron chi connectivity index (χ1n) is 8.26. The number of aromatic nitrogens is 2. The Morgan fingerprint density at radius 3 is 2.65 bits per heavy atom. The lowest BCUT2D eigenvalue weighted by Gasteiger charge is -2.17. The second-order valence-electron chi connectivity index (χ2n) is 6.10. The quantitative estimate of drug-likeness (QED) is 0.507. The van der Waals surface area contributed by atoms with E-state index in [1.807, 2.05) is 44.2 Å². The molecule has 5 nitrogen and oxygen atoms in total. The van der Waals surface area contributed by atoms with E-state index in [1.165, 1.54) is 23.3 Å². The van der Waals surface area contributed by atoms with Crippen molar-refractivity contribution in [2.75, 3.05) is 7.11 Å². The average molecular weight is 368 g/mol. The van der Waals surface area contributed by atoms with Crippen molar-refractivity contribution < 1.29 is 9.53 Å². The Morgan fingerprint density at radius 2 is 1.96 bits per heavy atom. The van der Waals surface area contributed by atoms with Gasteiger partial charge in [0, 0.05) is 0 Å². The molecule has 0 radical (unpaired) electrons. The Kier molecular flexibility index (Phi) is 5.13. The molecule has 0 unspecified atom stereocenters. The van der Waals surface area contributed by atoms with Gasteiger partial charge < -0.3 is 4.74 Å². The molecule has 26 heavy (non-hydrogen) atoms. The molecule has 0 aliphatic rings. The summed E-state index contributed by atoms with van der Waals surface area (Å²) in [4.78, 5) is 29.7. The Balaban J connectivity index is 2.35. The molecule has 0 saturated heterocycles. The van der Waals surface area contributed by atoms with Crippen molar-refractivity contribution in [3.8, 4) is 11.4 Å². The van der Waals surface area contributed by atoms with Crippen LogP contribution in [-0.2, 0) is 4.79 Å². The van der Waals surface area contributed by atoms with Crippen LogP contribution in [-0.4, -0.2) is 27.7 Å². The highest BCUT2D eigenvalue weighted by molar-refractivity contribution is 8.00. The molecule has 6 heteroatoms. The van der Waals surface area contributed by atoms with Gasteiger partial charge in [0.25, 0.3) is 5.56 Å². The minimum absolute atomic E-state index is 0.0279. The molecule has 3 aromatic rings. The molecule has 134 valence electrons. The number of thioether (sulfide) groups is 1. The summed E-state index contributed by atoms with van der Waals surface area (Å²) in [6.45, 7) is 5.30. The van der Waals surface area contributed by atoms with Crippen molar-refractivity contribution >= 4 is 28.4 Å². The van der Waals surface area contributed by atoms with Gasteiger partial charge in [-0.05, 0) is 50.6 Å². The van der Waals surface area contributed by atoms with Gasteiger partial charge in [0.2, 0.25) is 0 Å². The number of aryl methyl sites for hydroxylation is 1. The Hall–Kier alpha value is -2.60. The van der Waals surface area contributed by atoms with Crippen LogP contribution in [0.25, 0.3) is 16.6 Å². The Labute approximate surface area is 156 Å². The van der Waals surface area contributed by atoms with Gasteiger partial charge >= 0.3 is 0 Å². The van der Waals surface area contributed by atoms with Gasteiger partial charge in [-0.15, -0.1) is 0 Å². The molecule has 1 heterocycles. The van der Waals surface area contributed by atoms with E-state index in [9.17, 15) is 9.59 Å². The van der Waals surface area contributed by atoms with Crippen LogP contribution in [0.15, 0.2) is 52.4 Å². The minimum Gasteiger partial charge on any atom is -0.495 e. The van der Waals surface area contributed by atoms with Gasteiger partial charge in [-0.25, -0.2) is 4.98 Å². The molecule has 1 atom stereocenters. The van der Waals surface area contributed by atoms with Gasteiger partial charge in [0.05, 0.1) is 29.0 Å². The van der Waals surface area contributed by atoms with Crippen LogP contribution >= 0.6 is 11.8 Å². The molecule has 0 aliphatic heterocycles. The fraction of sp³-hybridized carbons (Fsp3) is 0.250. The van der Waals surface area contributed by atoms with E-state index in [2.05, 4.69) is 4.98 Å². The molecule has 0 bridgehead atoms. The molecule has 0 aliphatic carbocycles. The van der Waals surface area contributed by atoms with E-state index in [0.717, 1.165) is 5.56 Å². The molecule has 0 spiro atoms. The number of carbonyl (C=O) groups excluding carboxylic acids is 1. The van der Waals surface area contributed by atoms with E-state index in [-0.39, 0.29) is 16.6 Å². The topological polar surface area (TPSA) is 61.2 Å². The number of fused-ring (bicyclic) bond motifs is 1. The highest BCUT2D eigenvalue weighted by Gasteiger charge is 2.20. The average Bonchev–Trinajstić information content (AvgIpc) is 2.62. The molecule has 3 rings (SSSR count). The lowest BCUT2D eigenvalue weighted by molar-refractivity contribution is -0.116. The van der Waals surface area contributed by atoms with Crippen LogP contribution in [0.2, 0.25) is 0 Å². The van der Waals surface area contributed by atoms with Crippen LogP contribution in [0.1, 0.15) is 19.4 Å². The highest BCUT2D eigenvalue weighted by Crippen LogP contribution is 2.30. The molecule has 0 saturated carbocycles. The van der Waals surface area contributed by atoms with Crippen molar-refractivity contribution in [2.45, 2.75) is 31.2 Å². The fourth-order valence-corrected chi connectivity index (χ4v) is 3.54. The van der Waals surface area contributed by atoms with E-state index in [4.69, 9.17) is 4.74 Å². The molecular weight excluding hydrogens is 348 g/mol. The second kappa shape index (κ2) is 7.33. The van der Waals surface area contributed by atoms with Gasteiger partial charge in [-0.3, -0.25) is 14.2 Å². The molecule has 0 N–H and O–H groups in total. The minimum atomic E-state index is -0.315. The second-order valence-corrected chi connectivity index (χ2v) is 7.41. The largest absolute Gasteiger partial charge is 0.495 e. The third-order valence-corrected chi connectivity index (χ3v) is 5.35.